The second-order valence-corrected chi connectivity index (χ2v) is 3.36. The number of nitrogens with zero attached hydrogens (tertiary/aromatic N) is 2. The minimum Gasteiger partial charge on any atom is -0.855 e. The average molecular weight is 222 g/mol. The molecule has 6 heteroatoms. The number of halogens is 1. The van der Waals surface area contributed by atoms with Crippen LogP contribution >= 0.6 is 11.6 Å². The number of rotatable bonds is 0. The molecule has 0 aliphatic heterocycles. The van der Waals surface area contributed by atoms with Crippen LogP contribution in [0.5, 0.6) is 5.88 Å². The number of benzene rings is 1. The summed E-state index contributed by atoms with van der Waals surface area (Å²) in [5, 5.41) is 20.3. The van der Waals surface area contributed by atoms with E-state index in [9.17, 15) is 9.90 Å². The zero-order valence-electron chi connectivity index (χ0n) is 7.32. The van der Waals surface area contributed by atoms with E-state index in [1.165, 1.54) is 12.1 Å². The Balaban J connectivity index is 3.01. The Morgan fingerprint density at radius 2 is 2.20 bits per heavy atom. The number of hydrogen-bond acceptors (Lipinski definition) is 3. The lowest BCUT2D eigenvalue weighted by atomic mass is 10.2. The fourth-order valence-electron chi connectivity index (χ4n) is 1.32. The average Bonchev–Trinajstić information content (AvgIpc) is 2.20. The molecule has 0 unspecified atom stereocenters. The van der Waals surface area contributed by atoms with Crippen LogP contribution in [-0.4, -0.2) is 4.98 Å². The third-order valence-electron chi connectivity index (χ3n) is 2.00. The van der Waals surface area contributed by atoms with Gasteiger partial charge in [0, 0.05) is 10.5 Å². The Labute approximate surface area is 88.6 Å². The van der Waals surface area contributed by atoms with Gasteiger partial charge in [0.1, 0.15) is 0 Å². The van der Waals surface area contributed by atoms with Crippen LogP contribution in [0.1, 0.15) is 0 Å². The van der Waals surface area contributed by atoms with Gasteiger partial charge in [0.25, 0.3) is 5.43 Å². The molecule has 0 saturated heterocycles. The quantitative estimate of drug-likeness (QED) is 0.688. The zero-order chi connectivity index (χ0) is 11.0. The van der Waals surface area contributed by atoms with Crippen molar-refractivity contribution in [1.82, 2.24) is 4.98 Å². The van der Waals surface area contributed by atoms with Crippen molar-refractivity contribution in [3.63, 3.8) is 0 Å². The van der Waals surface area contributed by atoms with Crippen molar-refractivity contribution in [3.05, 3.63) is 38.4 Å². The molecule has 0 amide bonds. The van der Waals surface area contributed by atoms with Crippen molar-refractivity contribution in [2.24, 2.45) is 0 Å². The first kappa shape index (κ1) is 9.49. The summed E-state index contributed by atoms with van der Waals surface area (Å²) in [5.74, 6) is -0.725. The maximum Gasteiger partial charge on any atom is 0.440 e. The lowest BCUT2D eigenvalue weighted by Crippen LogP contribution is -2.07. The van der Waals surface area contributed by atoms with E-state index in [-0.39, 0.29) is 5.39 Å². The van der Waals surface area contributed by atoms with Crippen LogP contribution in [0.15, 0.2) is 23.0 Å². The van der Waals surface area contributed by atoms with Gasteiger partial charge in [-0.25, -0.2) is 0 Å². The lowest BCUT2D eigenvalue weighted by molar-refractivity contribution is -0.273. The second kappa shape index (κ2) is 3.26. The summed E-state index contributed by atoms with van der Waals surface area (Å²) in [6.45, 7) is 0. The van der Waals surface area contributed by atoms with E-state index < -0.39 is 17.0 Å². The summed E-state index contributed by atoms with van der Waals surface area (Å²) in [6.07, 6.45) is 0. The third-order valence-corrected chi connectivity index (χ3v) is 2.24. The van der Waals surface area contributed by atoms with Gasteiger partial charge in [0.05, 0.1) is 11.3 Å². The van der Waals surface area contributed by atoms with Crippen LogP contribution in [0.2, 0.25) is 5.02 Å². The van der Waals surface area contributed by atoms with E-state index in [1.807, 2.05) is 0 Å². The molecule has 1 heterocycles. The highest BCUT2D eigenvalue weighted by molar-refractivity contribution is 6.31. The van der Waals surface area contributed by atoms with Crippen molar-refractivity contribution in [3.8, 4) is 5.88 Å². The van der Waals surface area contributed by atoms with Crippen LogP contribution in [0, 0.1) is 5.39 Å². The molecule has 0 aliphatic carbocycles. The monoisotopic (exact) mass is 221 g/mol. The van der Waals surface area contributed by atoms with Crippen molar-refractivity contribution in [1.29, 1.82) is 5.39 Å². The molecule has 0 spiro atoms. The van der Waals surface area contributed by atoms with Gasteiger partial charge in [0.15, 0.2) is 4.98 Å². The van der Waals surface area contributed by atoms with Gasteiger partial charge in [-0.1, -0.05) is 11.6 Å². The van der Waals surface area contributed by atoms with Crippen molar-refractivity contribution in [2.75, 3.05) is 0 Å². The number of fused-ring (bicyclic) bond motifs is 1. The topological polar surface area (TPSA) is 84.1 Å². The molecule has 0 fully saturated rings. The van der Waals surface area contributed by atoms with E-state index in [4.69, 9.17) is 17.0 Å². The fraction of sp³-hybridized carbons (Fsp3) is 0. The second-order valence-electron chi connectivity index (χ2n) is 2.92. The third kappa shape index (κ3) is 1.41. The van der Waals surface area contributed by atoms with Crippen LogP contribution < -0.4 is 10.5 Å². The molecule has 74 valence electrons. The Hall–Kier alpha value is -2.06. The van der Waals surface area contributed by atoms with E-state index in [1.54, 1.807) is 6.07 Å². The first-order valence-corrected chi connectivity index (χ1v) is 4.39. The highest BCUT2D eigenvalue weighted by atomic mass is 35.5. The molecule has 0 atom stereocenters. The number of pyridine rings is 1. The summed E-state index contributed by atoms with van der Waals surface area (Å²) < 4.78 is 0. The van der Waals surface area contributed by atoms with Gasteiger partial charge in [-0.3, -0.25) is 4.79 Å². The Morgan fingerprint density at radius 3 is 2.87 bits per heavy atom. The molecule has 15 heavy (non-hydrogen) atoms. The maximum atomic E-state index is 11.6. The summed E-state index contributed by atoms with van der Waals surface area (Å²) >= 11 is 5.70. The van der Waals surface area contributed by atoms with E-state index >= 15 is 0 Å². The number of aromatic amines is 1. The molecule has 0 saturated carbocycles. The van der Waals surface area contributed by atoms with Crippen LogP contribution in [0.25, 0.3) is 15.9 Å². The van der Waals surface area contributed by atoms with Gasteiger partial charge in [0.2, 0.25) is 5.39 Å². The van der Waals surface area contributed by atoms with Crippen LogP contribution in [0.3, 0.4) is 0 Å². The van der Waals surface area contributed by atoms with Gasteiger partial charge < -0.3 is 10.1 Å². The normalized spacial score (nSPS) is 10.1. The fourth-order valence-corrected chi connectivity index (χ4v) is 1.49. The van der Waals surface area contributed by atoms with Crippen LogP contribution in [-0.2, 0) is 0 Å². The molecular weight excluding hydrogens is 218 g/mol. The summed E-state index contributed by atoms with van der Waals surface area (Å²) in [4.78, 5) is 16.7. The van der Waals surface area contributed by atoms with Crippen molar-refractivity contribution in [2.45, 2.75) is 0 Å². The number of hydrogen-bond donors (Lipinski definition) is 1. The number of diazo groups is 1. The predicted molar refractivity (Wildman–Crippen MR) is 53.8 cm³/mol. The van der Waals surface area contributed by atoms with Gasteiger partial charge in [-0.2, -0.15) is 0 Å². The molecule has 1 aromatic heterocycles. The molecule has 0 bridgehead atoms. The Bertz CT molecular complexity index is 642. The lowest BCUT2D eigenvalue weighted by Gasteiger charge is -2.03. The molecule has 5 nitrogen and oxygen atoms in total. The molecular formula is C9H4ClN3O2. The SMILES string of the molecule is N#[N+]c1c([O-])[nH]c2ccc(Cl)cc2c1=O. The van der Waals surface area contributed by atoms with Crippen LogP contribution in [0.4, 0.5) is 5.69 Å². The highest BCUT2D eigenvalue weighted by Crippen LogP contribution is 2.22. The first-order valence-electron chi connectivity index (χ1n) is 4.01. The largest absolute Gasteiger partial charge is 0.855 e. The molecule has 1 aromatic carbocycles. The molecule has 0 radical (unpaired) electrons. The summed E-state index contributed by atoms with van der Waals surface area (Å²) in [7, 11) is 0. The van der Waals surface area contributed by atoms with E-state index in [2.05, 4.69) is 9.96 Å². The first-order chi connectivity index (χ1) is 7.13. The Kier molecular flexibility index (Phi) is 2.06. The van der Waals surface area contributed by atoms with Gasteiger partial charge in [-0.05, 0) is 18.2 Å². The Morgan fingerprint density at radius 1 is 1.47 bits per heavy atom. The number of aromatic nitrogens is 1. The summed E-state index contributed by atoms with van der Waals surface area (Å²) in [6, 6.07) is 4.47. The number of nitrogens with one attached hydrogen (secondary N) is 1. The smallest absolute Gasteiger partial charge is 0.440 e. The minimum absolute atomic E-state index is 0.218. The van der Waals surface area contributed by atoms with E-state index in [0.29, 0.717) is 10.5 Å². The molecule has 2 aromatic rings. The predicted octanol–water partition coefficient (Wildman–Crippen LogP) is 1.74. The minimum atomic E-state index is -0.725. The molecule has 0 aliphatic rings. The summed E-state index contributed by atoms with van der Waals surface area (Å²) in [5.41, 5.74) is -0.815. The van der Waals surface area contributed by atoms with Gasteiger partial charge >= 0.3 is 5.69 Å². The molecule has 2 rings (SSSR count). The molecule has 1 N–H and O–H groups in total. The number of H-pyrrole nitrogens is 1. The van der Waals surface area contributed by atoms with E-state index in [0.717, 1.165) is 0 Å². The van der Waals surface area contributed by atoms with Gasteiger partial charge in [-0.15, -0.1) is 0 Å². The zero-order valence-corrected chi connectivity index (χ0v) is 8.08. The maximum absolute atomic E-state index is 11.6. The highest BCUT2D eigenvalue weighted by Gasteiger charge is 2.16. The van der Waals surface area contributed by atoms with Crippen molar-refractivity contribution < 1.29 is 5.11 Å². The standard InChI is InChI=1S/C9H4ClN3O2/c10-4-1-2-6-5(3-4)8(14)7(13-11)9(15)12-6/h1-3H,(H-,12,14,15). The van der Waals surface area contributed by atoms with Crippen molar-refractivity contribution >= 4 is 28.2 Å².